The van der Waals surface area contributed by atoms with E-state index in [0.29, 0.717) is 11.4 Å². The average molecular weight is 343 g/mol. The van der Waals surface area contributed by atoms with E-state index in [1.807, 2.05) is 13.0 Å². The number of alkyl halides is 1. The largest absolute Gasteiger partial charge is 0.322 e. The molecule has 2 heterocycles. The summed E-state index contributed by atoms with van der Waals surface area (Å²) in [5, 5.41) is 7.02. The maximum atomic E-state index is 12.7. The second-order valence-corrected chi connectivity index (χ2v) is 6.46. The van der Waals surface area contributed by atoms with Crippen LogP contribution in [-0.4, -0.2) is 31.9 Å². The Balaban J connectivity index is 2.02. The fraction of sp³-hybridized carbons (Fsp3) is 0.357. The molecule has 1 N–H and O–H groups in total. The molecule has 0 bridgehead atoms. The number of carbonyl (C=O) groups excluding carboxylic acids is 1. The van der Waals surface area contributed by atoms with Gasteiger partial charge in [0.1, 0.15) is 5.50 Å². The van der Waals surface area contributed by atoms with Crippen LogP contribution in [-0.2, 0) is 4.79 Å². The van der Waals surface area contributed by atoms with Crippen LogP contribution in [0.25, 0.3) is 5.69 Å². The van der Waals surface area contributed by atoms with E-state index in [4.69, 9.17) is 11.6 Å². The monoisotopic (exact) mass is 342 g/mol. The topological polar surface area (TPSA) is 59.8 Å². The summed E-state index contributed by atoms with van der Waals surface area (Å²) in [6.45, 7) is 3.37. The summed E-state index contributed by atoms with van der Waals surface area (Å²) in [5.74, 6) is 0.189. The summed E-state index contributed by atoms with van der Waals surface area (Å²) in [6, 6.07) is 1.90. The van der Waals surface area contributed by atoms with Crippen molar-refractivity contribution in [2.24, 2.45) is 0 Å². The molecule has 0 saturated heterocycles. The lowest BCUT2D eigenvalue weighted by atomic mass is 10.3. The Bertz CT molecular complexity index is 662. The van der Waals surface area contributed by atoms with Crippen molar-refractivity contribution in [2.45, 2.75) is 25.8 Å². The number of rotatable bonds is 6. The first-order chi connectivity index (χ1) is 10.5. The quantitative estimate of drug-likeness (QED) is 0.871. The summed E-state index contributed by atoms with van der Waals surface area (Å²) in [4.78, 5) is 15.9. The third-order valence-corrected chi connectivity index (χ3v) is 3.92. The first kappa shape index (κ1) is 16.8. The minimum Gasteiger partial charge on any atom is -0.322 e. The molecule has 0 fully saturated rings. The molecular weight excluding hydrogens is 327 g/mol. The van der Waals surface area contributed by atoms with Crippen LogP contribution in [0.4, 0.5) is 10.1 Å². The zero-order valence-electron chi connectivity index (χ0n) is 12.2. The molecular formula is C14H16ClFN4OS. The van der Waals surface area contributed by atoms with E-state index in [-0.39, 0.29) is 17.5 Å². The lowest BCUT2D eigenvalue weighted by Crippen LogP contribution is -2.12. The van der Waals surface area contributed by atoms with Gasteiger partial charge < -0.3 is 5.32 Å². The minimum atomic E-state index is -0.979. The molecule has 0 radical (unpaired) electrons. The smallest absolute Gasteiger partial charge is 0.225 e. The van der Waals surface area contributed by atoms with Crippen molar-refractivity contribution in [1.29, 1.82) is 0 Å². The first-order valence-corrected chi connectivity index (χ1v) is 8.11. The molecule has 1 atom stereocenters. The molecule has 2 aromatic heterocycles. The summed E-state index contributed by atoms with van der Waals surface area (Å²) in [5.41, 5.74) is 1.19. The number of amides is 1. The van der Waals surface area contributed by atoms with Crippen molar-refractivity contribution < 1.29 is 9.18 Å². The van der Waals surface area contributed by atoms with Crippen molar-refractivity contribution in [1.82, 2.24) is 14.8 Å². The highest BCUT2D eigenvalue weighted by atomic mass is 35.5. The van der Waals surface area contributed by atoms with E-state index in [2.05, 4.69) is 15.4 Å². The highest BCUT2D eigenvalue weighted by molar-refractivity contribution is 7.99. The summed E-state index contributed by atoms with van der Waals surface area (Å²) < 4.78 is 14.2. The van der Waals surface area contributed by atoms with Gasteiger partial charge in [0, 0.05) is 18.4 Å². The molecule has 0 saturated carbocycles. The molecule has 0 spiro atoms. The Labute approximate surface area is 137 Å². The maximum Gasteiger partial charge on any atom is 0.225 e. The number of nitrogens with one attached hydrogen (secondary N) is 1. The number of hydrogen-bond acceptors (Lipinski definition) is 4. The van der Waals surface area contributed by atoms with Gasteiger partial charge in [-0.1, -0.05) is 11.6 Å². The van der Waals surface area contributed by atoms with Gasteiger partial charge in [0.15, 0.2) is 5.15 Å². The van der Waals surface area contributed by atoms with Crippen LogP contribution in [0.5, 0.6) is 0 Å². The van der Waals surface area contributed by atoms with Crippen LogP contribution in [0.3, 0.4) is 0 Å². The predicted octanol–water partition coefficient (Wildman–Crippen LogP) is 3.61. The summed E-state index contributed by atoms with van der Waals surface area (Å²) in [6.07, 6.45) is 5.23. The Kier molecular flexibility index (Phi) is 5.79. The highest BCUT2D eigenvalue weighted by Crippen LogP contribution is 2.22. The van der Waals surface area contributed by atoms with E-state index >= 15 is 0 Å². The van der Waals surface area contributed by atoms with Crippen molar-refractivity contribution in [3.63, 3.8) is 0 Å². The standard InChI is InChI=1S/C14H16ClFN4OS/c1-9-5-11(7-17-6-9)20-8-12(14(15)19-20)18-13(21)3-4-22-10(2)16/h5-8,10H,3-4H2,1-2H3,(H,18,21)/t10-/m0/s1. The second kappa shape index (κ2) is 7.60. The van der Waals surface area contributed by atoms with Crippen LogP contribution < -0.4 is 5.32 Å². The number of halogens is 2. The van der Waals surface area contributed by atoms with Crippen LogP contribution in [0.1, 0.15) is 18.9 Å². The number of anilines is 1. The van der Waals surface area contributed by atoms with Crippen molar-refractivity contribution in [2.75, 3.05) is 11.1 Å². The van der Waals surface area contributed by atoms with Gasteiger partial charge in [-0.05, 0) is 25.5 Å². The van der Waals surface area contributed by atoms with Crippen molar-refractivity contribution in [3.8, 4) is 5.69 Å². The lowest BCUT2D eigenvalue weighted by molar-refractivity contribution is -0.115. The third-order valence-electron chi connectivity index (χ3n) is 2.74. The molecule has 2 rings (SSSR count). The van der Waals surface area contributed by atoms with Gasteiger partial charge in [-0.15, -0.1) is 11.8 Å². The summed E-state index contributed by atoms with van der Waals surface area (Å²) >= 11 is 7.12. The predicted molar refractivity (Wildman–Crippen MR) is 87.4 cm³/mol. The van der Waals surface area contributed by atoms with Gasteiger partial charge in [-0.2, -0.15) is 5.10 Å². The van der Waals surface area contributed by atoms with E-state index in [9.17, 15) is 9.18 Å². The molecule has 118 valence electrons. The van der Waals surface area contributed by atoms with Crippen LogP contribution in [0.2, 0.25) is 5.15 Å². The minimum absolute atomic E-state index is 0.196. The highest BCUT2D eigenvalue weighted by Gasteiger charge is 2.12. The van der Waals surface area contributed by atoms with E-state index < -0.39 is 5.50 Å². The van der Waals surface area contributed by atoms with E-state index in [1.54, 1.807) is 23.3 Å². The molecule has 22 heavy (non-hydrogen) atoms. The van der Waals surface area contributed by atoms with Gasteiger partial charge in [0.25, 0.3) is 0 Å². The molecule has 1 amide bonds. The van der Waals surface area contributed by atoms with Crippen LogP contribution >= 0.6 is 23.4 Å². The molecule has 0 aliphatic rings. The molecule has 0 aromatic carbocycles. The first-order valence-electron chi connectivity index (χ1n) is 6.68. The van der Waals surface area contributed by atoms with Gasteiger partial charge in [0.2, 0.25) is 5.91 Å². The zero-order chi connectivity index (χ0) is 16.1. The molecule has 5 nitrogen and oxygen atoms in total. The SMILES string of the molecule is Cc1cncc(-n2cc(NC(=O)CCS[C@@H](C)F)c(Cl)n2)c1. The van der Waals surface area contributed by atoms with Gasteiger partial charge in [0.05, 0.1) is 23.8 Å². The van der Waals surface area contributed by atoms with Crippen LogP contribution in [0.15, 0.2) is 24.7 Å². The summed E-state index contributed by atoms with van der Waals surface area (Å²) in [7, 11) is 0. The number of thioether (sulfide) groups is 1. The molecule has 0 unspecified atom stereocenters. The number of aryl methyl sites for hydroxylation is 1. The number of aromatic nitrogens is 3. The Morgan fingerprint density at radius 2 is 2.32 bits per heavy atom. The van der Waals surface area contributed by atoms with Gasteiger partial charge in [-0.3, -0.25) is 9.78 Å². The second-order valence-electron chi connectivity index (χ2n) is 4.71. The number of carbonyl (C=O) groups is 1. The molecule has 0 aliphatic heterocycles. The Morgan fingerprint density at radius 1 is 1.55 bits per heavy atom. The van der Waals surface area contributed by atoms with Crippen LogP contribution in [0, 0.1) is 6.92 Å². The maximum absolute atomic E-state index is 12.7. The van der Waals surface area contributed by atoms with Crippen molar-refractivity contribution >= 4 is 35.0 Å². The number of hydrogen-bond donors (Lipinski definition) is 1. The van der Waals surface area contributed by atoms with Crippen molar-refractivity contribution in [3.05, 3.63) is 35.4 Å². The van der Waals surface area contributed by atoms with Gasteiger partial charge in [-0.25, -0.2) is 9.07 Å². The Hall–Kier alpha value is -1.60. The zero-order valence-corrected chi connectivity index (χ0v) is 13.8. The average Bonchev–Trinajstić information content (AvgIpc) is 2.80. The lowest BCUT2D eigenvalue weighted by Gasteiger charge is -2.03. The molecule has 8 heteroatoms. The van der Waals surface area contributed by atoms with E-state index in [0.717, 1.165) is 23.0 Å². The fourth-order valence-electron chi connectivity index (χ4n) is 1.76. The Morgan fingerprint density at radius 3 is 3.00 bits per heavy atom. The third kappa shape index (κ3) is 4.71. The normalized spacial score (nSPS) is 12.2. The van der Waals surface area contributed by atoms with E-state index in [1.165, 1.54) is 6.92 Å². The molecule has 2 aromatic rings. The number of nitrogens with zero attached hydrogens (tertiary/aromatic N) is 3. The van der Waals surface area contributed by atoms with Gasteiger partial charge >= 0.3 is 0 Å². The molecule has 0 aliphatic carbocycles. The number of pyridine rings is 1. The fourth-order valence-corrected chi connectivity index (χ4v) is 2.57.